The SMILES string of the molecule is CCOc1ccccc1-n1c(C)nc2ccccc2c1=O.Cl. The average Bonchev–Trinajstić information content (AvgIpc) is 2.49. The lowest BCUT2D eigenvalue weighted by Gasteiger charge is -2.14. The number of nitrogens with zero attached hydrogens (tertiary/aromatic N) is 2. The minimum Gasteiger partial charge on any atom is -0.492 e. The highest BCUT2D eigenvalue weighted by Crippen LogP contribution is 2.23. The van der Waals surface area contributed by atoms with Crippen LogP contribution < -0.4 is 10.3 Å². The molecule has 0 aliphatic heterocycles. The zero-order valence-corrected chi connectivity index (χ0v) is 13.3. The van der Waals surface area contributed by atoms with Gasteiger partial charge < -0.3 is 4.74 Å². The molecule has 0 bridgehead atoms. The van der Waals surface area contributed by atoms with Gasteiger partial charge in [-0.05, 0) is 38.1 Å². The Hall–Kier alpha value is -2.33. The van der Waals surface area contributed by atoms with E-state index in [1.54, 1.807) is 10.6 Å². The summed E-state index contributed by atoms with van der Waals surface area (Å²) < 4.78 is 7.23. The summed E-state index contributed by atoms with van der Waals surface area (Å²) in [5, 5.41) is 0.606. The smallest absolute Gasteiger partial charge is 0.266 e. The molecule has 0 radical (unpaired) electrons. The van der Waals surface area contributed by atoms with E-state index in [1.165, 1.54) is 0 Å². The van der Waals surface area contributed by atoms with E-state index in [0.717, 1.165) is 5.69 Å². The lowest BCUT2D eigenvalue weighted by molar-refractivity contribution is 0.338. The van der Waals surface area contributed by atoms with Crippen molar-refractivity contribution in [2.45, 2.75) is 13.8 Å². The fraction of sp³-hybridized carbons (Fsp3) is 0.176. The van der Waals surface area contributed by atoms with Gasteiger partial charge in [0.15, 0.2) is 0 Å². The molecule has 0 saturated heterocycles. The number of benzene rings is 2. The van der Waals surface area contributed by atoms with Gasteiger partial charge in [0.25, 0.3) is 5.56 Å². The Bertz CT molecular complexity index is 859. The Morgan fingerprint density at radius 3 is 2.55 bits per heavy atom. The molecular formula is C17H17ClN2O2. The van der Waals surface area contributed by atoms with Gasteiger partial charge in [0.1, 0.15) is 11.6 Å². The molecule has 0 aliphatic carbocycles. The predicted octanol–water partition coefficient (Wildman–Crippen LogP) is 3.51. The number of hydrogen-bond acceptors (Lipinski definition) is 3. The average molecular weight is 317 g/mol. The van der Waals surface area contributed by atoms with E-state index in [-0.39, 0.29) is 18.0 Å². The van der Waals surface area contributed by atoms with Gasteiger partial charge >= 0.3 is 0 Å². The Morgan fingerprint density at radius 2 is 1.77 bits per heavy atom. The Balaban J connectivity index is 0.00000176. The maximum atomic E-state index is 12.8. The Kier molecular flexibility index (Phi) is 4.83. The van der Waals surface area contributed by atoms with Crippen LogP contribution in [0.3, 0.4) is 0 Å². The quantitative estimate of drug-likeness (QED) is 0.742. The number of fused-ring (bicyclic) bond motifs is 1. The minimum atomic E-state index is -0.0785. The van der Waals surface area contributed by atoms with Crippen molar-refractivity contribution in [3.63, 3.8) is 0 Å². The molecule has 0 N–H and O–H groups in total. The minimum absolute atomic E-state index is 0. The number of aromatic nitrogens is 2. The molecule has 0 unspecified atom stereocenters. The van der Waals surface area contributed by atoms with Crippen molar-refractivity contribution in [2.24, 2.45) is 0 Å². The van der Waals surface area contributed by atoms with Crippen LogP contribution in [-0.4, -0.2) is 16.2 Å². The molecule has 114 valence electrons. The van der Waals surface area contributed by atoms with Crippen molar-refractivity contribution in [1.82, 2.24) is 9.55 Å². The predicted molar refractivity (Wildman–Crippen MR) is 90.5 cm³/mol. The van der Waals surface area contributed by atoms with E-state index in [2.05, 4.69) is 4.98 Å². The van der Waals surface area contributed by atoms with Crippen molar-refractivity contribution >= 4 is 23.3 Å². The summed E-state index contributed by atoms with van der Waals surface area (Å²) >= 11 is 0. The topological polar surface area (TPSA) is 44.1 Å². The van der Waals surface area contributed by atoms with Gasteiger partial charge in [0.2, 0.25) is 0 Å². The first-order chi connectivity index (χ1) is 10.2. The van der Waals surface area contributed by atoms with Crippen molar-refractivity contribution < 1.29 is 4.74 Å². The lowest BCUT2D eigenvalue weighted by atomic mass is 10.2. The van der Waals surface area contributed by atoms with Crippen LogP contribution in [-0.2, 0) is 0 Å². The van der Waals surface area contributed by atoms with Crippen LogP contribution in [0, 0.1) is 6.92 Å². The van der Waals surface area contributed by atoms with Crippen LogP contribution in [0.25, 0.3) is 16.6 Å². The lowest BCUT2D eigenvalue weighted by Crippen LogP contribution is -2.22. The summed E-state index contributed by atoms with van der Waals surface area (Å²) in [6.07, 6.45) is 0. The maximum absolute atomic E-state index is 12.8. The summed E-state index contributed by atoms with van der Waals surface area (Å²) in [4.78, 5) is 17.3. The normalized spacial score (nSPS) is 10.3. The zero-order chi connectivity index (χ0) is 14.8. The van der Waals surface area contributed by atoms with Gasteiger partial charge in [0.05, 0.1) is 23.2 Å². The van der Waals surface area contributed by atoms with Gasteiger partial charge in [-0.1, -0.05) is 24.3 Å². The van der Waals surface area contributed by atoms with Crippen molar-refractivity contribution in [3.8, 4) is 11.4 Å². The Labute approximate surface area is 134 Å². The maximum Gasteiger partial charge on any atom is 0.266 e. The zero-order valence-electron chi connectivity index (χ0n) is 12.4. The summed E-state index contributed by atoms with van der Waals surface area (Å²) in [7, 11) is 0. The van der Waals surface area contributed by atoms with E-state index in [1.807, 2.05) is 56.3 Å². The van der Waals surface area contributed by atoms with Crippen molar-refractivity contribution in [1.29, 1.82) is 0 Å². The summed E-state index contributed by atoms with van der Waals surface area (Å²) in [5.74, 6) is 1.33. The first-order valence-corrected chi connectivity index (χ1v) is 6.93. The third-order valence-electron chi connectivity index (χ3n) is 3.35. The van der Waals surface area contributed by atoms with Crippen molar-refractivity contribution in [3.05, 3.63) is 64.7 Å². The highest BCUT2D eigenvalue weighted by Gasteiger charge is 2.12. The molecule has 5 heteroatoms. The third-order valence-corrected chi connectivity index (χ3v) is 3.35. The second kappa shape index (κ2) is 6.62. The molecule has 1 heterocycles. The first-order valence-electron chi connectivity index (χ1n) is 6.93. The number of rotatable bonds is 3. The molecule has 4 nitrogen and oxygen atoms in total. The molecule has 3 rings (SSSR count). The van der Waals surface area contributed by atoms with Crippen LogP contribution in [0.2, 0.25) is 0 Å². The summed E-state index contributed by atoms with van der Waals surface area (Å²) in [6.45, 7) is 4.30. The van der Waals surface area contributed by atoms with E-state index in [9.17, 15) is 4.79 Å². The molecule has 0 fully saturated rings. The van der Waals surface area contributed by atoms with Gasteiger partial charge in [-0.2, -0.15) is 0 Å². The molecule has 1 aromatic heterocycles. The fourth-order valence-corrected chi connectivity index (χ4v) is 2.45. The number of aryl methyl sites for hydroxylation is 1. The molecular weight excluding hydrogens is 300 g/mol. The van der Waals surface area contributed by atoms with Gasteiger partial charge in [-0.15, -0.1) is 12.4 Å². The number of hydrogen-bond donors (Lipinski definition) is 0. The number of halogens is 1. The number of para-hydroxylation sites is 3. The van der Waals surface area contributed by atoms with Gasteiger partial charge in [-0.25, -0.2) is 4.98 Å². The third kappa shape index (κ3) is 2.70. The number of ether oxygens (including phenoxy) is 1. The molecule has 0 aliphatic rings. The monoisotopic (exact) mass is 316 g/mol. The highest BCUT2D eigenvalue weighted by molar-refractivity contribution is 5.85. The first kappa shape index (κ1) is 16.0. The molecule has 2 aromatic carbocycles. The van der Waals surface area contributed by atoms with Crippen LogP contribution >= 0.6 is 12.4 Å². The van der Waals surface area contributed by atoms with Crippen LogP contribution in [0.5, 0.6) is 5.75 Å². The van der Waals surface area contributed by atoms with Crippen LogP contribution in [0.15, 0.2) is 53.3 Å². The Morgan fingerprint density at radius 1 is 1.09 bits per heavy atom. The van der Waals surface area contributed by atoms with Gasteiger partial charge in [-0.3, -0.25) is 9.36 Å². The highest BCUT2D eigenvalue weighted by atomic mass is 35.5. The standard InChI is InChI=1S/C17H16N2O2.ClH/c1-3-21-16-11-7-6-10-15(16)19-12(2)18-14-9-5-4-8-13(14)17(19)20;/h4-11H,3H2,1-2H3;1H. The second-order valence-corrected chi connectivity index (χ2v) is 4.72. The fourth-order valence-electron chi connectivity index (χ4n) is 2.45. The van der Waals surface area contributed by atoms with E-state index < -0.39 is 0 Å². The second-order valence-electron chi connectivity index (χ2n) is 4.72. The van der Waals surface area contributed by atoms with E-state index in [0.29, 0.717) is 29.1 Å². The van der Waals surface area contributed by atoms with E-state index >= 15 is 0 Å². The van der Waals surface area contributed by atoms with Crippen LogP contribution in [0.1, 0.15) is 12.7 Å². The molecule has 22 heavy (non-hydrogen) atoms. The largest absolute Gasteiger partial charge is 0.492 e. The van der Waals surface area contributed by atoms with Crippen LogP contribution in [0.4, 0.5) is 0 Å². The van der Waals surface area contributed by atoms with Crippen molar-refractivity contribution in [2.75, 3.05) is 6.61 Å². The molecule has 3 aromatic rings. The molecule has 0 amide bonds. The molecule has 0 saturated carbocycles. The van der Waals surface area contributed by atoms with E-state index in [4.69, 9.17) is 4.74 Å². The molecule has 0 atom stereocenters. The molecule has 0 spiro atoms. The van der Waals surface area contributed by atoms with Gasteiger partial charge in [0, 0.05) is 0 Å². The summed E-state index contributed by atoms with van der Waals surface area (Å²) in [6, 6.07) is 14.9. The summed E-state index contributed by atoms with van der Waals surface area (Å²) in [5.41, 5.74) is 1.36.